The van der Waals surface area contributed by atoms with Crippen LogP contribution in [0.25, 0.3) is 0 Å². The van der Waals surface area contributed by atoms with Gasteiger partial charge in [-0.25, -0.2) is 23.5 Å². The monoisotopic (exact) mass is 449 g/mol. The minimum atomic E-state index is -1.03. The number of ketones is 2. The van der Waals surface area contributed by atoms with E-state index in [-0.39, 0.29) is 30.3 Å². The molecule has 2 aliphatic carbocycles. The molecule has 0 spiro atoms. The number of rotatable bonds is 1. The van der Waals surface area contributed by atoms with Gasteiger partial charge in [0.15, 0.2) is 11.6 Å². The SMILES string of the molecule is CC1=CC(=O)C2CC3C(=CCn4c(=O)n(C)c(=O)n43)C(c3cc(C)c(O)c(C)c3)C2(C)C1=O. The van der Waals surface area contributed by atoms with Crippen LogP contribution in [0.5, 0.6) is 5.75 Å². The predicted molar refractivity (Wildman–Crippen MR) is 121 cm³/mol. The van der Waals surface area contributed by atoms with E-state index in [4.69, 9.17) is 0 Å². The number of Topliss-reactive ketones (excluding diaryl/α,β-unsaturated/α-hetero) is 1. The van der Waals surface area contributed by atoms with Crippen molar-refractivity contribution in [1.29, 1.82) is 0 Å². The maximum atomic E-state index is 13.7. The highest BCUT2D eigenvalue weighted by molar-refractivity contribution is 6.13. The summed E-state index contributed by atoms with van der Waals surface area (Å²) in [7, 11) is 1.45. The molecule has 172 valence electrons. The maximum absolute atomic E-state index is 13.7. The second-order valence-corrected chi connectivity index (χ2v) is 9.84. The van der Waals surface area contributed by atoms with Gasteiger partial charge in [-0.1, -0.05) is 25.1 Å². The van der Waals surface area contributed by atoms with Gasteiger partial charge < -0.3 is 5.11 Å². The van der Waals surface area contributed by atoms with E-state index in [0.29, 0.717) is 16.7 Å². The quantitative estimate of drug-likeness (QED) is 0.672. The summed E-state index contributed by atoms with van der Waals surface area (Å²) in [5, 5.41) is 10.4. The van der Waals surface area contributed by atoms with E-state index in [1.807, 2.05) is 25.1 Å². The zero-order chi connectivity index (χ0) is 24.0. The van der Waals surface area contributed by atoms with E-state index in [2.05, 4.69) is 0 Å². The molecule has 4 atom stereocenters. The summed E-state index contributed by atoms with van der Waals surface area (Å²) in [6.45, 7) is 7.35. The average Bonchev–Trinajstić information content (AvgIpc) is 2.99. The van der Waals surface area contributed by atoms with Crippen molar-refractivity contribution in [1.82, 2.24) is 13.9 Å². The first kappa shape index (κ1) is 21.4. The van der Waals surface area contributed by atoms with E-state index < -0.39 is 34.7 Å². The number of aromatic hydroxyl groups is 1. The van der Waals surface area contributed by atoms with Crippen LogP contribution in [0.15, 0.2) is 45.0 Å². The van der Waals surface area contributed by atoms with Crippen molar-refractivity contribution in [3.05, 3.63) is 73.1 Å². The highest BCUT2D eigenvalue weighted by Crippen LogP contribution is 2.60. The molecule has 1 aromatic carbocycles. The van der Waals surface area contributed by atoms with Gasteiger partial charge in [0.1, 0.15) is 5.75 Å². The van der Waals surface area contributed by atoms with Gasteiger partial charge in [-0.2, -0.15) is 0 Å². The average molecular weight is 450 g/mol. The number of phenols is 1. The Morgan fingerprint density at radius 2 is 1.67 bits per heavy atom. The molecule has 0 radical (unpaired) electrons. The molecule has 8 nitrogen and oxygen atoms in total. The zero-order valence-electron chi connectivity index (χ0n) is 19.4. The van der Waals surface area contributed by atoms with Gasteiger partial charge in [0, 0.05) is 18.9 Å². The van der Waals surface area contributed by atoms with Crippen molar-refractivity contribution in [3.63, 3.8) is 0 Å². The highest BCUT2D eigenvalue weighted by Gasteiger charge is 2.59. The summed E-state index contributed by atoms with van der Waals surface area (Å²) < 4.78 is 3.93. The molecule has 0 bridgehead atoms. The third kappa shape index (κ3) is 2.63. The topological polar surface area (TPSA) is 103 Å². The van der Waals surface area contributed by atoms with Crippen molar-refractivity contribution in [3.8, 4) is 5.75 Å². The number of aryl methyl sites for hydroxylation is 2. The molecule has 8 heteroatoms. The van der Waals surface area contributed by atoms with Crippen LogP contribution < -0.4 is 11.4 Å². The molecule has 2 aromatic rings. The first-order chi connectivity index (χ1) is 15.5. The Morgan fingerprint density at radius 1 is 1.03 bits per heavy atom. The molecule has 3 aliphatic rings. The molecule has 1 fully saturated rings. The van der Waals surface area contributed by atoms with Crippen molar-refractivity contribution in [2.75, 3.05) is 0 Å². The fourth-order valence-electron chi connectivity index (χ4n) is 6.30. The minimum Gasteiger partial charge on any atom is -0.507 e. The van der Waals surface area contributed by atoms with Gasteiger partial charge in [-0.3, -0.25) is 9.59 Å². The molecule has 0 saturated heterocycles. The molecule has 5 rings (SSSR count). The van der Waals surface area contributed by atoms with Crippen LogP contribution in [0.2, 0.25) is 0 Å². The lowest BCUT2D eigenvalue weighted by atomic mass is 9.51. The molecule has 2 heterocycles. The second-order valence-electron chi connectivity index (χ2n) is 9.84. The number of aromatic nitrogens is 3. The van der Waals surface area contributed by atoms with Crippen molar-refractivity contribution in [2.45, 2.75) is 52.6 Å². The first-order valence-corrected chi connectivity index (χ1v) is 11.1. The van der Waals surface area contributed by atoms with E-state index in [9.17, 15) is 24.3 Å². The largest absolute Gasteiger partial charge is 0.507 e. The molecule has 1 aliphatic heterocycles. The molecule has 33 heavy (non-hydrogen) atoms. The summed E-state index contributed by atoms with van der Waals surface area (Å²) in [5.41, 5.74) is 1.60. The molecule has 0 amide bonds. The lowest BCUT2D eigenvalue weighted by Gasteiger charge is -2.52. The molecular formula is C25H27N3O5. The molecule has 1 saturated carbocycles. The number of allylic oxidation sites excluding steroid dienone is 4. The van der Waals surface area contributed by atoms with Crippen LogP contribution in [0.1, 0.15) is 48.9 Å². The van der Waals surface area contributed by atoms with E-state index in [1.54, 1.807) is 20.8 Å². The van der Waals surface area contributed by atoms with Crippen molar-refractivity contribution in [2.24, 2.45) is 18.4 Å². The van der Waals surface area contributed by atoms with E-state index in [0.717, 1.165) is 15.7 Å². The number of fused-ring (bicyclic) bond motifs is 4. The van der Waals surface area contributed by atoms with Crippen LogP contribution in [0.3, 0.4) is 0 Å². The van der Waals surface area contributed by atoms with Crippen LogP contribution in [0.4, 0.5) is 0 Å². The predicted octanol–water partition coefficient (Wildman–Crippen LogP) is 2.06. The summed E-state index contributed by atoms with van der Waals surface area (Å²) in [5.74, 6) is -1.13. The number of carbonyl (C=O) groups excluding carboxylic acids is 2. The highest BCUT2D eigenvalue weighted by atomic mass is 16.3. The van der Waals surface area contributed by atoms with Gasteiger partial charge in [0.2, 0.25) is 0 Å². The van der Waals surface area contributed by atoms with Gasteiger partial charge in [-0.15, -0.1) is 0 Å². The summed E-state index contributed by atoms with van der Waals surface area (Å²) in [4.78, 5) is 52.5. The first-order valence-electron chi connectivity index (χ1n) is 11.1. The van der Waals surface area contributed by atoms with Crippen LogP contribution in [-0.2, 0) is 23.2 Å². The standard InChI is InChI=1S/C25H27N3O5/c1-12-8-15(9-13(2)21(12)30)20-16-6-7-27-23(32)26(5)24(33)28(27)18(16)11-17-19(29)10-14(3)22(31)25(17,20)4/h6,8-10,17-18,20,30H,7,11H2,1-5H3. The van der Waals surface area contributed by atoms with Gasteiger partial charge in [0.05, 0.1) is 18.0 Å². The Kier molecular flexibility index (Phi) is 4.41. The molecule has 1 N–H and O–H groups in total. The number of carbonyl (C=O) groups is 2. The number of hydrogen-bond donors (Lipinski definition) is 1. The Balaban J connectivity index is 1.82. The number of benzene rings is 1. The Hall–Kier alpha value is -3.42. The number of phenolic OH excluding ortho intramolecular Hbond substituents is 1. The lowest BCUT2D eigenvalue weighted by molar-refractivity contribution is -0.139. The van der Waals surface area contributed by atoms with Gasteiger partial charge >= 0.3 is 11.4 Å². The Morgan fingerprint density at radius 3 is 2.30 bits per heavy atom. The molecule has 1 aromatic heterocycles. The molecule has 4 unspecified atom stereocenters. The van der Waals surface area contributed by atoms with Crippen molar-refractivity contribution < 1.29 is 14.7 Å². The fraction of sp³-hybridized carbons (Fsp3) is 0.440. The maximum Gasteiger partial charge on any atom is 0.347 e. The van der Waals surface area contributed by atoms with Crippen LogP contribution >= 0.6 is 0 Å². The van der Waals surface area contributed by atoms with Gasteiger partial charge in [0.25, 0.3) is 0 Å². The Labute approximate surface area is 190 Å². The van der Waals surface area contributed by atoms with E-state index in [1.165, 1.54) is 22.5 Å². The van der Waals surface area contributed by atoms with Gasteiger partial charge in [-0.05, 0) is 61.1 Å². The molecular weight excluding hydrogens is 422 g/mol. The van der Waals surface area contributed by atoms with Crippen molar-refractivity contribution >= 4 is 11.6 Å². The van der Waals surface area contributed by atoms with E-state index >= 15 is 0 Å². The Bertz CT molecular complexity index is 1410. The second kappa shape index (κ2) is 6.79. The normalized spacial score (nSPS) is 28.6. The van der Waals surface area contributed by atoms with Crippen LogP contribution in [-0.4, -0.2) is 30.6 Å². The lowest BCUT2D eigenvalue weighted by Crippen LogP contribution is -2.54. The van der Waals surface area contributed by atoms with Crippen LogP contribution in [0, 0.1) is 25.2 Å². The number of hydrogen-bond acceptors (Lipinski definition) is 5. The summed E-state index contributed by atoms with van der Waals surface area (Å²) in [6, 6.07) is 3.21. The minimum absolute atomic E-state index is 0.0804. The fourth-order valence-corrected chi connectivity index (χ4v) is 6.30. The number of nitrogens with zero attached hydrogens (tertiary/aromatic N) is 3. The third-order valence-electron chi connectivity index (χ3n) is 7.94. The zero-order valence-corrected chi connectivity index (χ0v) is 19.4. The smallest absolute Gasteiger partial charge is 0.347 e. The summed E-state index contributed by atoms with van der Waals surface area (Å²) >= 11 is 0. The third-order valence-corrected chi connectivity index (χ3v) is 7.94. The summed E-state index contributed by atoms with van der Waals surface area (Å²) in [6.07, 6.45) is 3.62.